The van der Waals surface area contributed by atoms with E-state index in [1.165, 1.54) is 0 Å². The first-order valence-electron chi connectivity index (χ1n) is 8.60. The fourth-order valence-electron chi connectivity index (χ4n) is 3.89. The predicted molar refractivity (Wildman–Crippen MR) is 95.5 cm³/mol. The second-order valence-corrected chi connectivity index (χ2v) is 7.62. The molecule has 2 atom stereocenters. The number of nitriles is 1. The molecule has 2 aliphatic heterocycles. The number of hydrogen-bond donors (Lipinski definition) is 1. The van der Waals surface area contributed by atoms with Crippen molar-refractivity contribution < 1.29 is 14.6 Å². The summed E-state index contributed by atoms with van der Waals surface area (Å²) in [7, 11) is 0. The third kappa shape index (κ3) is 2.16. The molecule has 26 heavy (non-hydrogen) atoms. The van der Waals surface area contributed by atoms with Crippen LogP contribution in [-0.4, -0.2) is 27.1 Å². The Hall–Kier alpha value is -2.84. The molecule has 2 aliphatic rings. The molecule has 1 amide bonds. The van der Waals surface area contributed by atoms with Crippen LogP contribution in [0.15, 0.2) is 42.5 Å². The Kier molecular flexibility index (Phi) is 3.40. The quantitative estimate of drug-likeness (QED) is 0.859. The van der Waals surface area contributed by atoms with Gasteiger partial charge >= 0.3 is 0 Å². The zero-order chi connectivity index (χ0) is 18.7. The van der Waals surface area contributed by atoms with Gasteiger partial charge in [-0.15, -0.1) is 0 Å². The van der Waals surface area contributed by atoms with Gasteiger partial charge in [-0.1, -0.05) is 18.2 Å². The highest BCUT2D eigenvalue weighted by Crippen LogP contribution is 2.50. The number of amides is 1. The average molecular weight is 348 g/mol. The number of rotatable bonds is 1. The van der Waals surface area contributed by atoms with Crippen molar-refractivity contribution in [1.82, 2.24) is 4.90 Å². The van der Waals surface area contributed by atoms with Crippen LogP contribution in [0, 0.1) is 11.3 Å². The molecule has 2 aromatic carbocycles. The summed E-state index contributed by atoms with van der Waals surface area (Å²) in [6.07, 6.45) is 0. The maximum atomic E-state index is 13.1. The second-order valence-electron chi connectivity index (χ2n) is 7.62. The van der Waals surface area contributed by atoms with Gasteiger partial charge in [-0.2, -0.15) is 5.26 Å². The van der Waals surface area contributed by atoms with Crippen LogP contribution in [0.4, 0.5) is 0 Å². The van der Waals surface area contributed by atoms with Gasteiger partial charge in [0, 0.05) is 17.7 Å². The van der Waals surface area contributed by atoms with Gasteiger partial charge in [0.25, 0.3) is 5.91 Å². The Bertz CT molecular complexity index is 956. The summed E-state index contributed by atoms with van der Waals surface area (Å²) in [5.74, 6) is 0.478. The first-order chi connectivity index (χ1) is 12.3. The van der Waals surface area contributed by atoms with Gasteiger partial charge in [-0.05, 0) is 50.6 Å². The minimum atomic E-state index is -1.34. The monoisotopic (exact) mass is 348 g/mol. The SMILES string of the molecule is CC1(C)Oc2ccc(C#N)cc2C(N2Cc3ccccc3C2=O)C1(C)O. The molecule has 2 heterocycles. The van der Waals surface area contributed by atoms with E-state index in [-0.39, 0.29) is 5.91 Å². The zero-order valence-corrected chi connectivity index (χ0v) is 15.0. The van der Waals surface area contributed by atoms with E-state index in [0.29, 0.717) is 29.0 Å². The fourth-order valence-corrected chi connectivity index (χ4v) is 3.89. The van der Waals surface area contributed by atoms with Crippen molar-refractivity contribution in [2.24, 2.45) is 0 Å². The number of fused-ring (bicyclic) bond motifs is 2. The van der Waals surface area contributed by atoms with Crippen LogP contribution in [-0.2, 0) is 6.54 Å². The molecular formula is C21H20N2O3. The molecular weight excluding hydrogens is 328 g/mol. The van der Waals surface area contributed by atoms with Crippen LogP contribution < -0.4 is 4.74 Å². The molecule has 0 bridgehead atoms. The largest absolute Gasteiger partial charge is 0.484 e. The van der Waals surface area contributed by atoms with Crippen LogP contribution in [0.2, 0.25) is 0 Å². The number of carbonyl (C=O) groups is 1. The maximum Gasteiger partial charge on any atom is 0.255 e. The molecule has 132 valence electrons. The summed E-state index contributed by atoms with van der Waals surface area (Å²) >= 11 is 0. The normalized spacial score (nSPS) is 25.9. The van der Waals surface area contributed by atoms with Crippen molar-refractivity contribution in [3.8, 4) is 11.8 Å². The number of carbonyl (C=O) groups excluding carboxylic acids is 1. The van der Waals surface area contributed by atoms with E-state index in [1.807, 2.05) is 38.1 Å². The fraction of sp³-hybridized carbons (Fsp3) is 0.333. The van der Waals surface area contributed by atoms with Crippen LogP contribution in [0.3, 0.4) is 0 Å². The van der Waals surface area contributed by atoms with Crippen molar-refractivity contribution in [2.75, 3.05) is 0 Å². The van der Waals surface area contributed by atoms with Crippen LogP contribution >= 0.6 is 0 Å². The zero-order valence-electron chi connectivity index (χ0n) is 15.0. The molecule has 4 rings (SSSR count). The standard InChI is InChI=1S/C21H20N2O3/c1-20(2)21(3,25)18(16-10-13(11-22)8-9-17(16)26-20)23-12-14-6-4-5-7-15(14)19(23)24/h4-10,18,25H,12H2,1-3H3. The lowest BCUT2D eigenvalue weighted by atomic mass is 9.74. The summed E-state index contributed by atoms with van der Waals surface area (Å²) in [5.41, 5.74) is 0.479. The number of aliphatic hydroxyl groups is 1. The lowest BCUT2D eigenvalue weighted by molar-refractivity contribution is -0.158. The molecule has 2 unspecified atom stereocenters. The first-order valence-corrected chi connectivity index (χ1v) is 8.60. The maximum absolute atomic E-state index is 13.1. The van der Waals surface area contributed by atoms with Crippen LogP contribution in [0.25, 0.3) is 0 Å². The Balaban J connectivity index is 1.89. The van der Waals surface area contributed by atoms with E-state index in [4.69, 9.17) is 4.74 Å². The molecule has 5 nitrogen and oxygen atoms in total. The van der Waals surface area contributed by atoms with E-state index in [0.717, 1.165) is 5.56 Å². The van der Waals surface area contributed by atoms with Gasteiger partial charge < -0.3 is 14.7 Å². The lowest BCUT2D eigenvalue weighted by Gasteiger charge is -2.52. The third-order valence-electron chi connectivity index (χ3n) is 5.71. The predicted octanol–water partition coefficient (Wildman–Crippen LogP) is 3.18. The Morgan fingerprint density at radius 3 is 2.65 bits per heavy atom. The summed E-state index contributed by atoms with van der Waals surface area (Å²) in [6, 6.07) is 14.1. The molecule has 0 aromatic heterocycles. The van der Waals surface area contributed by atoms with Gasteiger partial charge in [0.05, 0.1) is 17.7 Å². The molecule has 0 spiro atoms. The highest BCUT2D eigenvalue weighted by atomic mass is 16.5. The Morgan fingerprint density at radius 2 is 1.96 bits per heavy atom. The summed E-state index contributed by atoms with van der Waals surface area (Å²) in [6.45, 7) is 5.74. The first kappa shape index (κ1) is 16.6. The van der Waals surface area contributed by atoms with E-state index < -0.39 is 17.2 Å². The van der Waals surface area contributed by atoms with Gasteiger partial charge in [-0.25, -0.2) is 0 Å². The molecule has 0 aliphatic carbocycles. The minimum absolute atomic E-state index is 0.114. The number of hydrogen-bond acceptors (Lipinski definition) is 4. The second kappa shape index (κ2) is 5.33. The molecule has 0 radical (unpaired) electrons. The van der Waals surface area contributed by atoms with Gasteiger partial charge in [0.1, 0.15) is 17.0 Å². The van der Waals surface area contributed by atoms with Crippen molar-refractivity contribution in [3.63, 3.8) is 0 Å². The van der Waals surface area contributed by atoms with E-state index in [1.54, 1.807) is 30.0 Å². The van der Waals surface area contributed by atoms with Crippen LogP contribution in [0.1, 0.15) is 53.9 Å². The van der Waals surface area contributed by atoms with E-state index in [9.17, 15) is 15.2 Å². The lowest BCUT2D eigenvalue weighted by Crippen LogP contribution is -2.62. The minimum Gasteiger partial charge on any atom is -0.484 e. The van der Waals surface area contributed by atoms with Crippen molar-refractivity contribution >= 4 is 5.91 Å². The van der Waals surface area contributed by atoms with Crippen LogP contribution in [0.5, 0.6) is 5.75 Å². The topological polar surface area (TPSA) is 73.6 Å². The van der Waals surface area contributed by atoms with E-state index in [2.05, 4.69) is 6.07 Å². The highest BCUT2D eigenvalue weighted by Gasteiger charge is 2.56. The number of nitrogens with zero attached hydrogens (tertiary/aromatic N) is 2. The van der Waals surface area contributed by atoms with Crippen molar-refractivity contribution in [2.45, 2.75) is 44.6 Å². The Morgan fingerprint density at radius 1 is 1.23 bits per heavy atom. The van der Waals surface area contributed by atoms with E-state index >= 15 is 0 Å². The molecule has 2 aromatic rings. The summed E-state index contributed by atoms with van der Waals surface area (Å²) < 4.78 is 6.04. The molecule has 1 N–H and O–H groups in total. The van der Waals surface area contributed by atoms with Gasteiger partial charge in [0.2, 0.25) is 0 Å². The van der Waals surface area contributed by atoms with Gasteiger partial charge in [-0.3, -0.25) is 4.79 Å². The van der Waals surface area contributed by atoms with Crippen molar-refractivity contribution in [3.05, 3.63) is 64.7 Å². The smallest absolute Gasteiger partial charge is 0.255 e. The molecule has 0 saturated heterocycles. The average Bonchev–Trinajstić information content (AvgIpc) is 2.92. The molecule has 0 fully saturated rings. The Labute approximate surface area is 152 Å². The van der Waals surface area contributed by atoms with Gasteiger partial charge in [0.15, 0.2) is 0 Å². The summed E-state index contributed by atoms with van der Waals surface area (Å²) in [5, 5.41) is 20.7. The number of benzene rings is 2. The summed E-state index contributed by atoms with van der Waals surface area (Å²) in [4.78, 5) is 14.8. The molecule has 5 heteroatoms. The highest BCUT2D eigenvalue weighted by molar-refractivity contribution is 5.98. The molecule has 0 saturated carbocycles. The third-order valence-corrected chi connectivity index (χ3v) is 5.71. The number of ether oxygens (including phenoxy) is 1. The van der Waals surface area contributed by atoms with Crippen molar-refractivity contribution in [1.29, 1.82) is 5.26 Å².